The summed E-state index contributed by atoms with van der Waals surface area (Å²) < 4.78 is 0. The van der Waals surface area contributed by atoms with E-state index < -0.39 is 148 Å². The zero-order valence-electron chi connectivity index (χ0n) is 25.1. The van der Waals surface area contributed by atoms with Crippen molar-refractivity contribution in [3.8, 4) is 0 Å². The van der Waals surface area contributed by atoms with Crippen molar-refractivity contribution in [3.05, 3.63) is 24.3 Å². The van der Waals surface area contributed by atoms with Gasteiger partial charge in [0.25, 0.3) is 29.3 Å². The van der Waals surface area contributed by atoms with Crippen LogP contribution in [0.5, 0.6) is 0 Å². The molecule has 4 aliphatic heterocycles. The molecule has 20 nitrogen and oxygen atoms in total. The Hall–Kier alpha value is -6.08. The molecule has 2 N–H and O–H groups in total. The Morgan fingerprint density at radius 1 is 0.583 bits per heavy atom. The number of carbonyl (C=O) groups excluding carboxylic acids is 10. The van der Waals surface area contributed by atoms with Crippen LogP contribution in [0, 0.1) is 0 Å². The van der Waals surface area contributed by atoms with E-state index in [4.69, 9.17) is 0 Å². The van der Waals surface area contributed by atoms with Crippen LogP contribution >= 0.6 is 0 Å². The molecule has 2 saturated heterocycles. The smallest absolute Gasteiger partial charge is 0.353 e. The average molecular weight is 673 g/mol. The first-order valence-corrected chi connectivity index (χ1v) is 14.4. The first-order valence-electron chi connectivity index (χ1n) is 14.4. The number of carboxylic acid groups (broad SMARTS) is 2. The van der Waals surface area contributed by atoms with Gasteiger partial charge in [0, 0.05) is 75.9 Å². The summed E-state index contributed by atoms with van der Waals surface area (Å²) in [5.41, 5.74) is -3.27. The minimum Gasteiger partial charge on any atom is -0.481 e. The second-order valence-corrected chi connectivity index (χ2v) is 10.8. The lowest BCUT2D eigenvalue weighted by molar-refractivity contribution is -0.194. The Morgan fingerprint density at radius 3 is 1.27 bits per heavy atom. The number of hydrazine groups is 1. The molecule has 0 aliphatic carbocycles. The highest BCUT2D eigenvalue weighted by Gasteiger charge is 2.62. The van der Waals surface area contributed by atoms with Crippen molar-refractivity contribution in [1.82, 2.24) is 29.6 Å². The van der Waals surface area contributed by atoms with Gasteiger partial charge in [-0.15, -0.1) is 0 Å². The fraction of sp³-hybridized carbons (Fsp3) is 0.429. The number of carbonyl (C=O) groups is 12. The van der Waals surface area contributed by atoms with Gasteiger partial charge in [-0.3, -0.25) is 67.5 Å². The molecule has 0 radical (unpaired) electrons. The quantitative estimate of drug-likeness (QED) is 0.136. The van der Waals surface area contributed by atoms with Gasteiger partial charge in [-0.05, 0) is 0 Å². The second kappa shape index (κ2) is 13.7. The van der Waals surface area contributed by atoms with Crippen molar-refractivity contribution in [2.75, 3.05) is 26.2 Å². The van der Waals surface area contributed by atoms with Gasteiger partial charge in [0.05, 0.1) is 19.5 Å². The monoisotopic (exact) mass is 672 g/mol. The SMILES string of the molecule is O=C(O)CCN(C(=O)CCN1C(=O)C=CC1=O)N(CC(C(=O)O)(N1C(=O)CCC1=O)N1C(=O)CCC1=O)C(=O)CCN1C(=O)C=CC1=O. The maximum atomic E-state index is 13.9. The van der Waals surface area contributed by atoms with E-state index in [1.165, 1.54) is 0 Å². The molecule has 20 heteroatoms. The molecule has 0 aromatic heterocycles. The predicted octanol–water partition coefficient (Wildman–Crippen LogP) is -3.26. The molecule has 0 saturated carbocycles. The van der Waals surface area contributed by atoms with Crippen LogP contribution < -0.4 is 0 Å². The fourth-order valence-electron chi connectivity index (χ4n) is 5.55. The highest BCUT2D eigenvalue weighted by atomic mass is 16.4. The molecule has 2 fully saturated rings. The van der Waals surface area contributed by atoms with Crippen molar-refractivity contribution in [3.63, 3.8) is 0 Å². The molecule has 0 atom stereocenters. The molecule has 4 heterocycles. The second-order valence-electron chi connectivity index (χ2n) is 10.8. The third kappa shape index (κ3) is 6.57. The Bertz CT molecular complexity index is 1510. The number of amides is 10. The van der Waals surface area contributed by atoms with Gasteiger partial charge in [-0.1, -0.05) is 0 Å². The maximum Gasteiger partial charge on any atom is 0.353 e. The summed E-state index contributed by atoms with van der Waals surface area (Å²) in [7, 11) is 0. The van der Waals surface area contributed by atoms with E-state index in [0.717, 1.165) is 24.3 Å². The first kappa shape index (κ1) is 34.8. The molecule has 254 valence electrons. The number of imide groups is 4. The third-order valence-corrected chi connectivity index (χ3v) is 7.86. The largest absolute Gasteiger partial charge is 0.481 e. The van der Waals surface area contributed by atoms with Crippen LogP contribution in [0.4, 0.5) is 0 Å². The lowest BCUT2D eigenvalue weighted by Crippen LogP contribution is -2.74. The van der Waals surface area contributed by atoms with Gasteiger partial charge in [0.1, 0.15) is 0 Å². The summed E-state index contributed by atoms with van der Waals surface area (Å²) in [5, 5.41) is 20.8. The minimum atomic E-state index is -3.27. The van der Waals surface area contributed by atoms with Crippen LogP contribution in [0.3, 0.4) is 0 Å². The zero-order chi connectivity index (χ0) is 35.5. The molecule has 10 amide bonds. The van der Waals surface area contributed by atoms with Crippen LogP contribution in [0.2, 0.25) is 0 Å². The maximum absolute atomic E-state index is 13.9. The van der Waals surface area contributed by atoms with Crippen LogP contribution in [0.15, 0.2) is 24.3 Å². The van der Waals surface area contributed by atoms with Gasteiger partial charge in [-0.2, -0.15) is 0 Å². The molecule has 0 aromatic carbocycles. The van der Waals surface area contributed by atoms with Gasteiger partial charge >= 0.3 is 11.9 Å². The van der Waals surface area contributed by atoms with E-state index in [9.17, 15) is 67.7 Å². The van der Waals surface area contributed by atoms with Crippen LogP contribution in [0.1, 0.15) is 44.9 Å². The fourth-order valence-corrected chi connectivity index (χ4v) is 5.55. The number of carboxylic acids is 2. The molecular weight excluding hydrogens is 644 g/mol. The Balaban J connectivity index is 1.81. The van der Waals surface area contributed by atoms with Gasteiger partial charge in [-0.25, -0.2) is 19.6 Å². The van der Waals surface area contributed by atoms with Gasteiger partial charge in [0.15, 0.2) is 0 Å². The summed E-state index contributed by atoms with van der Waals surface area (Å²) in [6.07, 6.45) is -0.908. The lowest BCUT2D eigenvalue weighted by atomic mass is 10.0. The average Bonchev–Trinajstić information content (AvgIpc) is 3.74. The van der Waals surface area contributed by atoms with Crippen LogP contribution in [-0.2, 0) is 57.5 Å². The van der Waals surface area contributed by atoms with Crippen LogP contribution in [-0.4, -0.2) is 143 Å². The first-order chi connectivity index (χ1) is 22.6. The number of nitrogens with zero attached hydrogens (tertiary/aromatic N) is 6. The highest BCUT2D eigenvalue weighted by molar-refractivity contribution is 6.14. The number of hydrogen-bond acceptors (Lipinski definition) is 12. The van der Waals surface area contributed by atoms with Crippen molar-refractivity contribution in [2.24, 2.45) is 0 Å². The number of likely N-dealkylation sites (tertiary alicyclic amines) is 2. The van der Waals surface area contributed by atoms with Gasteiger partial charge < -0.3 is 10.2 Å². The summed E-state index contributed by atoms with van der Waals surface area (Å²) in [6, 6.07) is 0. The van der Waals surface area contributed by atoms with Gasteiger partial charge in [0.2, 0.25) is 35.4 Å². The molecule has 0 bridgehead atoms. The van der Waals surface area contributed by atoms with E-state index in [-0.39, 0.29) is 9.80 Å². The number of rotatable bonds is 14. The summed E-state index contributed by atoms with van der Waals surface area (Å²) >= 11 is 0. The molecule has 0 unspecified atom stereocenters. The molecule has 4 rings (SSSR count). The summed E-state index contributed by atoms with van der Waals surface area (Å²) in [6.45, 7) is -3.55. The lowest BCUT2D eigenvalue weighted by Gasteiger charge is -2.46. The molecule has 0 aromatic rings. The Morgan fingerprint density at radius 2 is 0.938 bits per heavy atom. The predicted molar refractivity (Wildman–Crippen MR) is 149 cm³/mol. The standard InChI is InChI=1S/C28H28N6O14/c35-16-1-2-17(36)29(16)12-9-20(39)31(14-11-26(45)46)32(21(40)10-13-30-18(37)3-4-19(30)38)15-28(27(47)48,33-22(41)5-6-23(33)42)34-24(43)7-8-25(34)44/h1-4H,5-15H2,(H,45,46)(H,47,48). The van der Waals surface area contributed by atoms with E-state index in [0.29, 0.717) is 19.8 Å². The van der Waals surface area contributed by atoms with Crippen molar-refractivity contribution < 1.29 is 67.7 Å². The van der Waals surface area contributed by atoms with E-state index in [2.05, 4.69) is 0 Å². The molecule has 4 aliphatic rings. The number of aliphatic carboxylic acids is 2. The summed E-state index contributed by atoms with van der Waals surface area (Å²) in [4.78, 5) is 154. The number of hydrogen-bond donors (Lipinski definition) is 2. The van der Waals surface area contributed by atoms with E-state index >= 15 is 0 Å². The Kier molecular flexibility index (Phi) is 9.95. The van der Waals surface area contributed by atoms with E-state index in [1.54, 1.807) is 0 Å². The minimum absolute atomic E-state index is 0.140. The molecular formula is C28H28N6O14. The van der Waals surface area contributed by atoms with Crippen LogP contribution in [0.25, 0.3) is 0 Å². The normalized spacial score (nSPS) is 17.9. The summed E-state index contributed by atoms with van der Waals surface area (Å²) in [5.74, 6) is -13.8. The zero-order valence-corrected chi connectivity index (χ0v) is 25.1. The molecule has 0 spiro atoms. The van der Waals surface area contributed by atoms with Crippen molar-refractivity contribution in [2.45, 2.75) is 50.6 Å². The Labute approximate surface area is 269 Å². The highest BCUT2D eigenvalue weighted by Crippen LogP contribution is 2.34. The van der Waals surface area contributed by atoms with Crippen molar-refractivity contribution >= 4 is 71.0 Å². The topological polar surface area (TPSA) is 265 Å². The van der Waals surface area contributed by atoms with Crippen molar-refractivity contribution in [1.29, 1.82) is 0 Å². The third-order valence-electron chi connectivity index (χ3n) is 7.86. The molecule has 48 heavy (non-hydrogen) atoms. The van der Waals surface area contributed by atoms with E-state index in [1.807, 2.05) is 0 Å².